The number of hydrogen-bond donors (Lipinski definition) is 2. The minimum atomic E-state index is -0.882. The zero-order chi connectivity index (χ0) is 10.8. The van der Waals surface area contributed by atoms with Crippen LogP contribution in [0.5, 0.6) is 0 Å². The normalized spacial score (nSPS) is 25.4. The van der Waals surface area contributed by atoms with E-state index in [1.807, 2.05) is 0 Å². The fourth-order valence-corrected chi connectivity index (χ4v) is 1.85. The molecule has 15 heavy (non-hydrogen) atoms. The molecule has 2 rings (SSSR count). The smallest absolute Gasteiger partial charge is 0.320 e. The third kappa shape index (κ3) is 1.97. The van der Waals surface area contributed by atoms with E-state index < -0.39 is 12.0 Å². The van der Waals surface area contributed by atoms with Gasteiger partial charge >= 0.3 is 5.97 Å². The highest BCUT2D eigenvalue weighted by atomic mass is 19.1. The van der Waals surface area contributed by atoms with Gasteiger partial charge < -0.3 is 5.11 Å². The number of nitrogens with one attached hydrogen (secondary N) is 1. The summed E-state index contributed by atoms with van der Waals surface area (Å²) in [6.07, 6.45) is 3.82. The first-order valence-electron chi connectivity index (χ1n) is 4.76. The summed E-state index contributed by atoms with van der Waals surface area (Å²) in [5.41, 5.74) is 0.494. The quantitative estimate of drug-likeness (QED) is 0.767. The first-order valence-corrected chi connectivity index (χ1v) is 4.76. The summed E-state index contributed by atoms with van der Waals surface area (Å²) in [5, 5.41) is 11.7. The Morgan fingerprint density at radius 1 is 1.60 bits per heavy atom. The lowest BCUT2D eigenvalue weighted by molar-refractivity contribution is -0.139. The average molecular weight is 210 g/mol. The van der Waals surface area contributed by atoms with Crippen LogP contribution < -0.4 is 5.32 Å². The second kappa shape index (κ2) is 3.94. The average Bonchev–Trinajstić information content (AvgIpc) is 2.67. The molecule has 0 bridgehead atoms. The Labute approximate surface area is 86.1 Å². The summed E-state index contributed by atoms with van der Waals surface area (Å²) >= 11 is 0. The summed E-state index contributed by atoms with van der Waals surface area (Å²) in [5.74, 6) is -1.27. The van der Waals surface area contributed by atoms with Gasteiger partial charge in [-0.2, -0.15) is 0 Å². The monoisotopic (exact) mass is 210 g/mol. The number of nitrogens with zero attached hydrogens (tertiary/aromatic N) is 1. The van der Waals surface area contributed by atoms with E-state index in [4.69, 9.17) is 5.11 Å². The van der Waals surface area contributed by atoms with E-state index >= 15 is 0 Å². The first kappa shape index (κ1) is 10.0. The predicted molar refractivity (Wildman–Crippen MR) is 50.7 cm³/mol. The zero-order valence-electron chi connectivity index (χ0n) is 7.98. The highest BCUT2D eigenvalue weighted by molar-refractivity contribution is 5.73. The van der Waals surface area contributed by atoms with Gasteiger partial charge in [0, 0.05) is 17.8 Å². The Kier molecular flexibility index (Phi) is 2.64. The molecule has 1 saturated heterocycles. The highest BCUT2D eigenvalue weighted by Crippen LogP contribution is 2.27. The fraction of sp³-hybridized carbons (Fsp3) is 0.400. The van der Waals surface area contributed by atoms with Crippen LogP contribution >= 0.6 is 0 Å². The summed E-state index contributed by atoms with van der Waals surface area (Å²) in [6.45, 7) is 0. The molecule has 0 radical (unpaired) electrons. The Balaban J connectivity index is 2.14. The van der Waals surface area contributed by atoms with Gasteiger partial charge in [0.15, 0.2) is 0 Å². The molecule has 0 aromatic carbocycles. The predicted octanol–water partition coefficient (Wildman–Crippen LogP) is 1.10. The number of carboxylic acids is 1. The third-order valence-corrected chi connectivity index (χ3v) is 2.62. The molecule has 1 aliphatic heterocycles. The van der Waals surface area contributed by atoms with E-state index in [9.17, 15) is 9.18 Å². The van der Waals surface area contributed by atoms with Crippen LogP contribution in [0.1, 0.15) is 24.4 Å². The van der Waals surface area contributed by atoms with Crippen LogP contribution in [0.4, 0.5) is 4.39 Å². The summed E-state index contributed by atoms with van der Waals surface area (Å²) in [7, 11) is 0. The van der Waals surface area contributed by atoms with Crippen molar-refractivity contribution >= 4 is 5.97 Å². The van der Waals surface area contributed by atoms with Crippen LogP contribution in [0.25, 0.3) is 0 Å². The molecular weight excluding hydrogens is 199 g/mol. The van der Waals surface area contributed by atoms with Gasteiger partial charge in [-0.25, -0.2) is 4.39 Å². The number of halogens is 1. The van der Waals surface area contributed by atoms with Crippen LogP contribution in [0.2, 0.25) is 0 Å². The number of aliphatic carboxylic acids is 1. The molecule has 0 spiro atoms. The van der Waals surface area contributed by atoms with Crippen molar-refractivity contribution in [3.8, 4) is 0 Å². The molecule has 80 valence electrons. The van der Waals surface area contributed by atoms with Crippen LogP contribution in [0, 0.1) is 5.82 Å². The lowest BCUT2D eigenvalue weighted by Crippen LogP contribution is -2.32. The van der Waals surface area contributed by atoms with Crippen LogP contribution in [-0.4, -0.2) is 22.1 Å². The Hall–Kier alpha value is -1.49. The van der Waals surface area contributed by atoms with Crippen molar-refractivity contribution in [3.05, 3.63) is 29.8 Å². The standard InChI is InChI=1S/C10H11FN2O2/c11-7-5-12-4-3-6(7)8-1-2-9(13-8)10(14)15/h3-5,8-9,13H,1-2H2,(H,14,15). The molecule has 0 amide bonds. The molecule has 4 nitrogen and oxygen atoms in total. The number of rotatable bonds is 2. The Bertz CT molecular complexity index is 383. The molecular formula is C10H11FN2O2. The molecule has 2 N–H and O–H groups in total. The maximum atomic E-state index is 13.3. The van der Waals surface area contributed by atoms with Crippen molar-refractivity contribution in [1.29, 1.82) is 0 Å². The van der Waals surface area contributed by atoms with Crippen molar-refractivity contribution in [3.63, 3.8) is 0 Å². The van der Waals surface area contributed by atoms with Gasteiger partial charge in [-0.15, -0.1) is 0 Å². The molecule has 1 fully saturated rings. The Morgan fingerprint density at radius 2 is 2.40 bits per heavy atom. The molecule has 2 unspecified atom stereocenters. The number of pyridine rings is 1. The number of carboxylic acid groups (broad SMARTS) is 1. The minimum absolute atomic E-state index is 0.214. The molecule has 1 aliphatic rings. The highest BCUT2D eigenvalue weighted by Gasteiger charge is 2.30. The van der Waals surface area contributed by atoms with Gasteiger partial charge in [-0.1, -0.05) is 0 Å². The van der Waals surface area contributed by atoms with Crippen molar-refractivity contribution in [2.45, 2.75) is 24.9 Å². The molecule has 5 heteroatoms. The molecule has 1 aromatic rings. The number of carbonyl (C=O) groups is 1. The summed E-state index contributed by atoms with van der Waals surface area (Å²) < 4.78 is 13.3. The van der Waals surface area contributed by atoms with E-state index in [0.29, 0.717) is 18.4 Å². The van der Waals surface area contributed by atoms with Crippen molar-refractivity contribution in [1.82, 2.24) is 10.3 Å². The lowest BCUT2D eigenvalue weighted by atomic mass is 10.1. The van der Waals surface area contributed by atoms with Gasteiger partial charge in [0.05, 0.1) is 6.20 Å². The maximum absolute atomic E-state index is 13.3. The summed E-state index contributed by atoms with van der Waals surface area (Å²) in [4.78, 5) is 14.3. The van der Waals surface area contributed by atoms with Gasteiger partial charge in [-0.05, 0) is 18.9 Å². The first-order chi connectivity index (χ1) is 7.18. The largest absolute Gasteiger partial charge is 0.480 e. The number of aromatic nitrogens is 1. The fourth-order valence-electron chi connectivity index (χ4n) is 1.85. The van der Waals surface area contributed by atoms with Crippen molar-refractivity contribution in [2.24, 2.45) is 0 Å². The van der Waals surface area contributed by atoms with E-state index in [1.165, 1.54) is 6.20 Å². The number of hydrogen-bond acceptors (Lipinski definition) is 3. The summed E-state index contributed by atoms with van der Waals surface area (Å²) in [6, 6.07) is 0.800. The van der Waals surface area contributed by atoms with Crippen LogP contribution in [0.15, 0.2) is 18.5 Å². The molecule has 0 aliphatic carbocycles. The van der Waals surface area contributed by atoms with Gasteiger partial charge in [0.25, 0.3) is 0 Å². The van der Waals surface area contributed by atoms with E-state index in [1.54, 1.807) is 6.07 Å². The molecule has 1 aromatic heterocycles. The van der Waals surface area contributed by atoms with E-state index in [0.717, 1.165) is 6.20 Å². The lowest BCUT2D eigenvalue weighted by Gasteiger charge is -2.12. The molecule has 2 heterocycles. The van der Waals surface area contributed by atoms with E-state index in [2.05, 4.69) is 10.3 Å². The topological polar surface area (TPSA) is 62.2 Å². The Morgan fingerprint density at radius 3 is 3.00 bits per heavy atom. The van der Waals surface area contributed by atoms with Crippen molar-refractivity contribution in [2.75, 3.05) is 0 Å². The van der Waals surface area contributed by atoms with Gasteiger partial charge in [-0.3, -0.25) is 15.1 Å². The minimum Gasteiger partial charge on any atom is -0.480 e. The second-order valence-corrected chi connectivity index (χ2v) is 3.58. The van der Waals surface area contributed by atoms with E-state index in [-0.39, 0.29) is 11.9 Å². The second-order valence-electron chi connectivity index (χ2n) is 3.58. The van der Waals surface area contributed by atoms with Gasteiger partial charge in [0.2, 0.25) is 0 Å². The zero-order valence-corrected chi connectivity index (χ0v) is 7.98. The molecule has 2 atom stereocenters. The van der Waals surface area contributed by atoms with Crippen LogP contribution in [-0.2, 0) is 4.79 Å². The SMILES string of the molecule is O=C(O)C1CCC(c2ccncc2F)N1. The van der Waals surface area contributed by atoms with Crippen molar-refractivity contribution < 1.29 is 14.3 Å². The molecule has 0 saturated carbocycles. The van der Waals surface area contributed by atoms with Gasteiger partial charge in [0.1, 0.15) is 11.9 Å². The third-order valence-electron chi connectivity index (χ3n) is 2.62. The van der Waals surface area contributed by atoms with Crippen LogP contribution in [0.3, 0.4) is 0 Å². The maximum Gasteiger partial charge on any atom is 0.320 e.